The zero-order valence-electron chi connectivity index (χ0n) is 15.8. The molecule has 3 aromatic rings. The van der Waals surface area contributed by atoms with Gasteiger partial charge in [-0.2, -0.15) is 0 Å². The predicted molar refractivity (Wildman–Crippen MR) is 110 cm³/mol. The van der Waals surface area contributed by atoms with Crippen molar-refractivity contribution in [3.05, 3.63) is 95.3 Å². The molecule has 1 unspecified atom stereocenters. The molecule has 1 aromatic heterocycles. The third kappa shape index (κ3) is 4.60. The Morgan fingerprint density at radius 3 is 2.41 bits per heavy atom. The molecule has 4 heteroatoms. The topological polar surface area (TPSA) is 59.2 Å². The molecule has 1 amide bonds. The molecule has 0 aliphatic carbocycles. The lowest BCUT2D eigenvalue weighted by Crippen LogP contribution is -2.40. The Balaban J connectivity index is 1.88. The van der Waals surface area contributed by atoms with Crippen molar-refractivity contribution in [1.29, 1.82) is 0 Å². The van der Waals surface area contributed by atoms with Crippen molar-refractivity contribution < 1.29 is 4.79 Å². The summed E-state index contributed by atoms with van der Waals surface area (Å²) in [6.07, 6.45) is 2.44. The number of aromatic nitrogens is 1. The fraction of sp³-hybridized carbons (Fsp3) is 0.217. The third-order valence-electron chi connectivity index (χ3n) is 4.81. The Hall–Kier alpha value is -2.98. The van der Waals surface area contributed by atoms with E-state index in [9.17, 15) is 4.79 Å². The van der Waals surface area contributed by atoms with Crippen molar-refractivity contribution in [2.75, 3.05) is 11.4 Å². The fourth-order valence-electron chi connectivity index (χ4n) is 3.00. The molecular formula is C23H25N3O. The molecule has 0 fully saturated rings. The molecule has 0 aliphatic heterocycles. The van der Waals surface area contributed by atoms with Gasteiger partial charge in [-0.3, -0.25) is 9.78 Å². The molecule has 0 radical (unpaired) electrons. The summed E-state index contributed by atoms with van der Waals surface area (Å²) in [5, 5.41) is 0. The maximum atomic E-state index is 13.2. The standard InChI is InChI=1S/C23H25N3O/c1-17-11-12-21(16-18(17)2)26(15-13-20-10-6-7-14-25-20)23(27)22(24)19-8-4-3-5-9-19/h3-12,14,16,22H,13,15,24H2,1-2H3. The molecule has 0 saturated heterocycles. The lowest BCUT2D eigenvalue weighted by molar-refractivity contribution is -0.120. The number of carbonyl (C=O) groups is 1. The molecule has 1 heterocycles. The quantitative estimate of drug-likeness (QED) is 0.724. The highest BCUT2D eigenvalue weighted by atomic mass is 16.2. The average molecular weight is 359 g/mol. The summed E-state index contributed by atoms with van der Waals surface area (Å²) < 4.78 is 0. The van der Waals surface area contributed by atoms with E-state index in [0.717, 1.165) is 22.5 Å². The van der Waals surface area contributed by atoms with E-state index < -0.39 is 6.04 Å². The first-order valence-electron chi connectivity index (χ1n) is 9.15. The number of aryl methyl sites for hydroxylation is 2. The van der Waals surface area contributed by atoms with Crippen LogP contribution in [0.5, 0.6) is 0 Å². The Morgan fingerprint density at radius 1 is 1.00 bits per heavy atom. The van der Waals surface area contributed by atoms with E-state index in [0.29, 0.717) is 13.0 Å². The number of nitrogens with two attached hydrogens (primary N) is 1. The molecule has 2 aromatic carbocycles. The van der Waals surface area contributed by atoms with E-state index in [4.69, 9.17) is 5.73 Å². The number of hydrogen-bond acceptors (Lipinski definition) is 3. The first-order valence-corrected chi connectivity index (χ1v) is 9.15. The summed E-state index contributed by atoms with van der Waals surface area (Å²) in [5.41, 5.74) is 11.3. The van der Waals surface area contributed by atoms with E-state index in [-0.39, 0.29) is 5.91 Å². The van der Waals surface area contributed by atoms with Crippen LogP contribution in [0.15, 0.2) is 72.9 Å². The summed E-state index contributed by atoms with van der Waals surface area (Å²) in [5.74, 6) is -0.111. The maximum Gasteiger partial charge on any atom is 0.248 e. The van der Waals surface area contributed by atoms with E-state index in [1.165, 1.54) is 5.56 Å². The van der Waals surface area contributed by atoms with Crippen LogP contribution < -0.4 is 10.6 Å². The van der Waals surface area contributed by atoms with Crippen LogP contribution in [-0.2, 0) is 11.2 Å². The van der Waals surface area contributed by atoms with E-state index >= 15 is 0 Å². The van der Waals surface area contributed by atoms with E-state index in [1.54, 1.807) is 11.1 Å². The number of carbonyl (C=O) groups excluding carboxylic acids is 1. The molecule has 138 valence electrons. The van der Waals surface area contributed by atoms with Gasteiger partial charge >= 0.3 is 0 Å². The molecule has 1 atom stereocenters. The lowest BCUT2D eigenvalue weighted by Gasteiger charge is -2.26. The second kappa shape index (κ2) is 8.60. The smallest absolute Gasteiger partial charge is 0.248 e. The van der Waals surface area contributed by atoms with Gasteiger partial charge in [0.05, 0.1) is 0 Å². The van der Waals surface area contributed by atoms with Gasteiger partial charge in [0.25, 0.3) is 0 Å². The minimum absolute atomic E-state index is 0.111. The van der Waals surface area contributed by atoms with Crippen LogP contribution in [0.1, 0.15) is 28.4 Å². The van der Waals surface area contributed by atoms with Crippen LogP contribution in [0.25, 0.3) is 0 Å². The summed E-state index contributed by atoms with van der Waals surface area (Å²) in [7, 11) is 0. The van der Waals surface area contributed by atoms with Crippen molar-refractivity contribution in [3.8, 4) is 0 Å². The normalized spacial score (nSPS) is 11.8. The van der Waals surface area contributed by atoms with Crippen molar-refractivity contribution in [2.45, 2.75) is 26.3 Å². The molecule has 0 aliphatic rings. The van der Waals surface area contributed by atoms with Gasteiger partial charge in [0.2, 0.25) is 5.91 Å². The molecule has 0 saturated carbocycles. The van der Waals surface area contributed by atoms with Crippen LogP contribution in [0, 0.1) is 13.8 Å². The summed E-state index contributed by atoms with van der Waals surface area (Å²) in [6, 6.07) is 20.7. The Labute approximate surface area is 160 Å². The number of anilines is 1. The first-order chi connectivity index (χ1) is 13.1. The van der Waals surface area contributed by atoms with Gasteiger partial charge in [-0.1, -0.05) is 42.5 Å². The SMILES string of the molecule is Cc1ccc(N(CCc2ccccn2)C(=O)C(N)c2ccccc2)cc1C. The maximum absolute atomic E-state index is 13.2. The lowest BCUT2D eigenvalue weighted by atomic mass is 10.0. The molecule has 4 nitrogen and oxygen atoms in total. The molecule has 0 spiro atoms. The average Bonchev–Trinajstić information content (AvgIpc) is 2.71. The van der Waals surface area contributed by atoms with E-state index in [1.807, 2.05) is 66.7 Å². The molecule has 2 N–H and O–H groups in total. The van der Waals surface area contributed by atoms with Crippen molar-refractivity contribution in [2.24, 2.45) is 5.73 Å². The number of hydrogen-bond donors (Lipinski definition) is 1. The van der Waals surface area contributed by atoms with Crippen molar-refractivity contribution in [1.82, 2.24) is 4.98 Å². The van der Waals surface area contributed by atoms with E-state index in [2.05, 4.69) is 18.8 Å². The van der Waals surface area contributed by atoms with Crippen LogP contribution >= 0.6 is 0 Å². The largest absolute Gasteiger partial charge is 0.316 e. The van der Waals surface area contributed by atoms with Crippen LogP contribution in [0.4, 0.5) is 5.69 Å². The highest BCUT2D eigenvalue weighted by Gasteiger charge is 2.24. The first kappa shape index (κ1) is 18.8. The summed E-state index contributed by atoms with van der Waals surface area (Å²) in [4.78, 5) is 19.4. The number of rotatable bonds is 6. The summed E-state index contributed by atoms with van der Waals surface area (Å²) in [6.45, 7) is 4.64. The zero-order valence-corrected chi connectivity index (χ0v) is 15.8. The second-order valence-electron chi connectivity index (χ2n) is 6.72. The van der Waals surface area contributed by atoms with Gasteiger partial charge in [-0.25, -0.2) is 0 Å². The predicted octanol–water partition coefficient (Wildman–Crippen LogP) is 3.97. The zero-order chi connectivity index (χ0) is 19.2. The molecule has 0 bridgehead atoms. The van der Waals surface area contributed by atoms with Crippen molar-refractivity contribution in [3.63, 3.8) is 0 Å². The highest BCUT2D eigenvalue weighted by molar-refractivity contribution is 5.97. The van der Waals surface area contributed by atoms with Gasteiger partial charge in [0, 0.05) is 30.5 Å². The number of amides is 1. The monoisotopic (exact) mass is 359 g/mol. The van der Waals surface area contributed by atoms with Gasteiger partial charge in [0.15, 0.2) is 0 Å². The van der Waals surface area contributed by atoms with Gasteiger partial charge in [0.1, 0.15) is 6.04 Å². The van der Waals surface area contributed by atoms with Gasteiger partial charge in [-0.05, 0) is 54.8 Å². The molecule has 27 heavy (non-hydrogen) atoms. The van der Waals surface area contributed by atoms with Crippen molar-refractivity contribution >= 4 is 11.6 Å². The third-order valence-corrected chi connectivity index (χ3v) is 4.81. The van der Waals surface area contributed by atoms with Gasteiger partial charge < -0.3 is 10.6 Å². The highest BCUT2D eigenvalue weighted by Crippen LogP contribution is 2.23. The number of nitrogens with zero attached hydrogens (tertiary/aromatic N) is 2. The Morgan fingerprint density at radius 2 is 1.74 bits per heavy atom. The van der Waals surface area contributed by atoms with Crippen LogP contribution in [-0.4, -0.2) is 17.4 Å². The minimum Gasteiger partial charge on any atom is -0.316 e. The Bertz CT molecular complexity index is 894. The molecule has 3 rings (SSSR count). The summed E-state index contributed by atoms with van der Waals surface area (Å²) >= 11 is 0. The number of benzene rings is 2. The number of pyridine rings is 1. The van der Waals surface area contributed by atoms with Crippen LogP contribution in [0.3, 0.4) is 0 Å². The minimum atomic E-state index is -0.698. The molecular weight excluding hydrogens is 334 g/mol. The second-order valence-corrected chi connectivity index (χ2v) is 6.72. The Kier molecular flexibility index (Phi) is 5.99. The van der Waals surface area contributed by atoms with Crippen LogP contribution in [0.2, 0.25) is 0 Å². The fourth-order valence-corrected chi connectivity index (χ4v) is 3.00. The van der Waals surface area contributed by atoms with Gasteiger partial charge in [-0.15, -0.1) is 0 Å².